The highest BCUT2D eigenvalue weighted by molar-refractivity contribution is 4.87. The van der Waals surface area contributed by atoms with Gasteiger partial charge in [-0.2, -0.15) is 5.10 Å². The van der Waals surface area contributed by atoms with Crippen molar-refractivity contribution in [3.8, 4) is 0 Å². The number of aromatic nitrogens is 3. The molecule has 0 saturated carbocycles. The summed E-state index contributed by atoms with van der Waals surface area (Å²) in [6, 6.07) is 0. The van der Waals surface area contributed by atoms with Crippen molar-refractivity contribution in [3.63, 3.8) is 0 Å². The van der Waals surface area contributed by atoms with E-state index in [0.29, 0.717) is 18.2 Å². The molecule has 0 amide bonds. The Balaban J connectivity index is 2.58. The van der Waals surface area contributed by atoms with Crippen LogP contribution in [0.2, 0.25) is 0 Å². The Hall–Kier alpha value is -0.940. The molecule has 1 rings (SSSR count). The Bertz CT molecular complexity index is 220. The molecule has 0 bridgehead atoms. The minimum Gasteiger partial charge on any atom is -0.388 e. The molecule has 0 aliphatic heterocycles. The van der Waals surface area contributed by atoms with Gasteiger partial charge >= 0.3 is 0 Å². The summed E-state index contributed by atoms with van der Waals surface area (Å²) in [7, 11) is 3.88. The van der Waals surface area contributed by atoms with E-state index in [0.717, 1.165) is 0 Å². The van der Waals surface area contributed by atoms with Crippen molar-refractivity contribution < 1.29 is 5.11 Å². The highest BCUT2D eigenvalue weighted by Crippen LogP contribution is 1.94. The van der Waals surface area contributed by atoms with Crippen LogP contribution in [0.3, 0.4) is 0 Å². The molecule has 2 N–H and O–H groups in total. The number of hydrogen-bond donors (Lipinski definition) is 2. The van der Waals surface area contributed by atoms with Crippen molar-refractivity contribution in [1.82, 2.24) is 20.1 Å². The fourth-order valence-corrected chi connectivity index (χ4v) is 0.759. The lowest BCUT2D eigenvalue weighted by Crippen LogP contribution is -2.11. The van der Waals surface area contributed by atoms with E-state index in [-0.39, 0.29) is 6.61 Å². The molecule has 0 radical (unpaired) electrons. The Morgan fingerprint density at radius 1 is 1.55 bits per heavy atom. The molecule has 1 aromatic rings. The van der Waals surface area contributed by atoms with Gasteiger partial charge in [-0.3, -0.25) is 5.10 Å². The van der Waals surface area contributed by atoms with Gasteiger partial charge < -0.3 is 10.0 Å². The molecule has 1 heterocycles. The van der Waals surface area contributed by atoms with E-state index in [1.807, 2.05) is 19.0 Å². The average Bonchev–Trinajstić information content (AvgIpc) is 2.34. The summed E-state index contributed by atoms with van der Waals surface area (Å²) in [4.78, 5) is 5.97. The summed E-state index contributed by atoms with van der Waals surface area (Å²) in [5.41, 5.74) is 0. The molecule has 0 aromatic carbocycles. The molecule has 0 spiro atoms. The molecule has 5 nitrogen and oxygen atoms in total. The van der Waals surface area contributed by atoms with Crippen molar-refractivity contribution in [2.75, 3.05) is 14.1 Å². The third-order valence-corrected chi connectivity index (χ3v) is 1.19. The smallest absolute Gasteiger partial charge is 0.164 e. The van der Waals surface area contributed by atoms with Gasteiger partial charge in [0.15, 0.2) is 5.82 Å². The van der Waals surface area contributed by atoms with Crippen LogP contribution in [0.25, 0.3) is 0 Å². The van der Waals surface area contributed by atoms with Crippen LogP contribution in [0, 0.1) is 0 Å². The van der Waals surface area contributed by atoms with Gasteiger partial charge in [0, 0.05) is 0 Å². The second kappa shape index (κ2) is 3.45. The first-order valence-electron chi connectivity index (χ1n) is 3.38. The largest absolute Gasteiger partial charge is 0.388 e. The van der Waals surface area contributed by atoms with E-state index in [2.05, 4.69) is 15.2 Å². The Morgan fingerprint density at radius 3 is 2.73 bits per heavy atom. The third-order valence-electron chi connectivity index (χ3n) is 1.19. The number of rotatable bonds is 3. The standard InChI is InChI=1S/C6H12N4O/c1-10(2)3-5-7-6(4-11)9-8-5/h11H,3-4H2,1-2H3,(H,7,8,9). The number of aliphatic hydroxyl groups excluding tert-OH is 1. The Morgan fingerprint density at radius 2 is 2.27 bits per heavy atom. The number of aromatic amines is 1. The van der Waals surface area contributed by atoms with Crippen molar-refractivity contribution in [2.24, 2.45) is 0 Å². The van der Waals surface area contributed by atoms with Crippen LogP contribution in [0.1, 0.15) is 11.6 Å². The lowest BCUT2D eigenvalue weighted by Gasteiger charge is -2.03. The Labute approximate surface area is 65.1 Å². The molecule has 5 heteroatoms. The van der Waals surface area contributed by atoms with Crippen LogP contribution < -0.4 is 0 Å². The van der Waals surface area contributed by atoms with Gasteiger partial charge in [-0.05, 0) is 14.1 Å². The Kier molecular flexibility index (Phi) is 2.56. The minimum absolute atomic E-state index is 0.0829. The number of aliphatic hydroxyl groups is 1. The molecule has 0 unspecified atom stereocenters. The first kappa shape index (κ1) is 8.16. The minimum atomic E-state index is -0.0829. The lowest BCUT2D eigenvalue weighted by atomic mass is 10.5. The molecule has 0 aliphatic rings. The quantitative estimate of drug-likeness (QED) is 0.611. The second-order valence-corrected chi connectivity index (χ2v) is 2.59. The summed E-state index contributed by atoms with van der Waals surface area (Å²) < 4.78 is 0. The molecule has 0 saturated heterocycles. The summed E-state index contributed by atoms with van der Waals surface area (Å²) in [5.74, 6) is 1.22. The summed E-state index contributed by atoms with van der Waals surface area (Å²) in [6.07, 6.45) is 0. The van der Waals surface area contributed by atoms with E-state index >= 15 is 0 Å². The maximum atomic E-state index is 8.64. The fourth-order valence-electron chi connectivity index (χ4n) is 0.759. The highest BCUT2D eigenvalue weighted by Gasteiger charge is 2.01. The summed E-state index contributed by atoms with van der Waals surface area (Å²) >= 11 is 0. The van der Waals surface area contributed by atoms with Crippen LogP contribution in [-0.2, 0) is 13.2 Å². The zero-order valence-corrected chi connectivity index (χ0v) is 6.70. The fraction of sp³-hybridized carbons (Fsp3) is 0.667. The van der Waals surface area contributed by atoms with Gasteiger partial charge in [-0.15, -0.1) is 0 Å². The van der Waals surface area contributed by atoms with Crippen LogP contribution in [0.5, 0.6) is 0 Å². The predicted octanol–water partition coefficient (Wildman–Crippen LogP) is -0.641. The molecule has 0 fully saturated rings. The first-order valence-corrected chi connectivity index (χ1v) is 3.38. The van der Waals surface area contributed by atoms with Gasteiger partial charge in [-0.1, -0.05) is 0 Å². The van der Waals surface area contributed by atoms with Gasteiger partial charge in [0.1, 0.15) is 12.4 Å². The molecule has 0 aliphatic carbocycles. The summed E-state index contributed by atoms with van der Waals surface area (Å²) in [5, 5.41) is 15.2. The van der Waals surface area contributed by atoms with E-state index in [4.69, 9.17) is 5.11 Å². The predicted molar refractivity (Wildman–Crippen MR) is 39.7 cm³/mol. The normalized spacial score (nSPS) is 10.9. The number of nitrogens with zero attached hydrogens (tertiary/aromatic N) is 3. The maximum Gasteiger partial charge on any atom is 0.164 e. The van der Waals surface area contributed by atoms with Gasteiger partial charge in [0.25, 0.3) is 0 Å². The topological polar surface area (TPSA) is 65.0 Å². The molecule has 11 heavy (non-hydrogen) atoms. The van der Waals surface area contributed by atoms with E-state index in [1.165, 1.54) is 0 Å². The van der Waals surface area contributed by atoms with Crippen molar-refractivity contribution in [1.29, 1.82) is 0 Å². The second-order valence-electron chi connectivity index (χ2n) is 2.59. The maximum absolute atomic E-state index is 8.64. The van der Waals surface area contributed by atoms with Crippen molar-refractivity contribution in [3.05, 3.63) is 11.6 Å². The molecule has 1 aromatic heterocycles. The van der Waals surface area contributed by atoms with Gasteiger partial charge in [-0.25, -0.2) is 4.98 Å². The summed E-state index contributed by atoms with van der Waals surface area (Å²) in [6.45, 7) is 0.608. The average molecular weight is 156 g/mol. The zero-order valence-electron chi connectivity index (χ0n) is 6.70. The van der Waals surface area contributed by atoms with Crippen LogP contribution >= 0.6 is 0 Å². The number of H-pyrrole nitrogens is 1. The highest BCUT2D eigenvalue weighted by atomic mass is 16.3. The first-order chi connectivity index (χ1) is 5.22. The van der Waals surface area contributed by atoms with E-state index in [9.17, 15) is 0 Å². The molecule has 62 valence electrons. The van der Waals surface area contributed by atoms with Crippen LogP contribution in [-0.4, -0.2) is 39.3 Å². The van der Waals surface area contributed by atoms with Crippen molar-refractivity contribution in [2.45, 2.75) is 13.2 Å². The lowest BCUT2D eigenvalue weighted by molar-refractivity contribution is 0.271. The third kappa shape index (κ3) is 2.28. The van der Waals surface area contributed by atoms with Gasteiger partial charge in [0.05, 0.1) is 6.54 Å². The van der Waals surface area contributed by atoms with Crippen LogP contribution in [0.15, 0.2) is 0 Å². The van der Waals surface area contributed by atoms with Crippen LogP contribution in [0.4, 0.5) is 0 Å². The number of nitrogens with one attached hydrogen (secondary N) is 1. The molecule has 0 atom stereocenters. The van der Waals surface area contributed by atoms with Crippen molar-refractivity contribution >= 4 is 0 Å². The van der Waals surface area contributed by atoms with E-state index < -0.39 is 0 Å². The molecular formula is C6H12N4O. The zero-order chi connectivity index (χ0) is 8.27. The SMILES string of the molecule is CN(C)Cc1n[nH]c(CO)n1. The monoisotopic (exact) mass is 156 g/mol. The van der Waals surface area contributed by atoms with Gasteiger partial charge in [0.2, 0.25) is 0 Å². The number of hydrogen-bond acceptors (Lipinski definition) is 4. The molecular weight excluding hydrogens is 144 g/mol. The van der Waals surface area contributed by atoms with E-state index in [1.54, 1.807) is 0 Å².